The molecule has 2 aromatic rings. The van der Waals surface area contributed by atoms with Crippen LogP contribution >= 0.6 is 0 Å². The van der Waals surface area contributed by atoms with Crippen LogP contribution in [0.15, 0.2) is 29.5 Å². The van der Waals surface area contributed by atoms with Crippen LogP contribution in [-0.2, 0) is 19.1 Å². The van der Waals surface area contributed by atoms with Crippen molar-refractivity contribution in [3.05, 3.63) is 46.3 Å². The fourth-order valence-electron chi connectivity index (χ4n) is 2.28. The van der Waals surface area contributed by atoms with Gasteiger partial charge in [-0.05, 0) is 19.4 Å². The fraction of sp³-hybridized carbons (Fsp3) is 0.357. The molecule has 0 N–H and O–H groups in total. The largest absolute Gasteiger partial charge is 0.421 e. The molecule has 0 aliphatic carbocycles. The molecule has 0 saturated heterocycles. The van der Waals surface area contributed by atoms with E-state index in [1.807, 2.05) is 0 Å². The predicted octanol–water partition coefficient (Wildman–Crippen LogP) is 2.91. The van der Waals surface area contributed by atoms with Gasteiger partial charge in [-0.15, -0.1) is 0 Å². The Morgan fingerprint density at radius 3 is 2.43 bits per heavy atom. The lowest BCUT2D eigenvalue weighted by molar-refractivity contribution is -0.138. The molecule has 112 valence electrons. The van der Waals surface area contributed by atoms with E-state index in [9.17, 15) is 18.0 Å². The zero-order valence-corrected chi connectivity index (χ0v) is 11.6. The van der Waals surface area contributed by atoms with Crippen LogP contribution < -0.4 is 5.56 Å². The molecule has 21 heavy (non-hydrogen) atoms. The monoisotopic (exact) mass is 297 g/mol. The van der Waals surface area contributed by atoms with E-state index in [1.165, 1.54) is 18.6 Å². The molecule has 0 aromatic carbocycles. The van der Waals surface area contributed by atoms with Crippen LogP contribution in [0.3, 0.4) is 0 Å². The second kappa shape index (κ2) is 5.67. The summed E-state index contributed by atoms with van der Waals surface area (Å²) in [7, 11) is 0. The molecular weight excluding hydrogens is 283 g/mol. The average molecular weight is 297 g/mol. The molecule has 0 unspecified atom stereocenters. The van der Waals surface area contributed by atoms with Crippen molar-refractivity contribution in [1.29, 1.82) is 0 Å². The maximum Gasteiger partial charge on any atom is 0.421 e. The third-order valence-corrected chi connectivity index (χ3v) is 3.20. The molecule has 0 aliphatic rings. The van der Waals surface area contributed by atoms with E-state index in [2.05, 4.69) is 9.97 Å². The third-order valence-electron chi connectivity index (χ3n) is 3.20. The van der Waals surface area contributed by atoms with E-state index in [0.29, 0.717) is 23.4 Å². The van der Waals surface area contributed by atoms with Crippen LogP contribution in [0, 0.1) is 0 Å². The normalized spacial score (nSPS) is 11.7. The van der Waals surface area contributed by atoms with Gasteiger partial charge < -0.3 is 4.57 Å². The number of halogens is 3. The lowest BCUT2D eigenvalue weighted by Crippen LogP contribution is -2.31. The van der Waals surface area contributed by atoms with E-state index in [4.69, 9.17) is 0 Å². The van der Waals surface area contributed by atoms with Gasteiger partial charge in [-0.25, -0.2) is 0 Å². The van der Waals surface area contributed by atoms with Gasteiger partial charge in [0.1, 0.15) is 5.56 Å². The highest BCUT2D eigenvalue weighted by Gasteiger charge is 2.36. The van der Waals surface area contributed by atoms with E-state index in [1.54, 1.807) is 13.8 Å². The van der Waals surface area contributed by atoms with Gasteiger partial charge >= 0.3 is 6.18 Å². The van der Waals surface area contributed by atoms with Gasteiger partial charge in [-0.2, -0.15) is 13.2 Å². The van der Waals surface area contributed by atoms with Crippen LogP contribution in [0.1, 0.15) is 25.1 Å². The highest BCUT2D eigenvalue weighted by atomic mass is 19.4. The Kier molecular flexibility index (Phi) is 4.11. The smallest absolute Gasteiger partial charge is 0.312 e. The molecule has 2 aromatic heterocycles. The van der Waals surface area contributed by atoms with Gasteiger partial charge in [0.15, 0.2) is 0 Å². The Bertz CT molecular complexity index is 693. The number of nitrogens with zero attached hydrogens (tertiary/aromatic N) is 3. The molecule has 2 rings (SSSR count). The van der Waals surface area contributed by atoms with E-state index in [0.717, 1.165) is 10.6 Å². The summed E-state index contributed by atoms with van der Waals surface area (Å²) in [6.07, 6.45) is -0.0391. The summed E-state index contributed by atoms with van der Waals surface area (Å²) in [5, 5.41) is 0. The van der Waals surface area contributed by atoms with Gasteiger partial charge in [0.05, 0.1) is 11.9 Å². The predicted molar refractivity (Wildman–Crippen MR) is 71.8 cm³/mol. The zero-order chi connectivity index (χ0) is 15.6. The molecule has 0 amide bonds. The number of aromatic nitrogens is 3. The number of rotatable bonds is 3. The minimum absolute atomic E-state index is 0.166. The topological polar surface area (TPSA) is 47.8 Å². The molecule has 0 atom stereocenters. The SMILES string of the molecule is CCc1c(-c2cnccn2)cc(C(F)(F)F)c(=O)n1CC. The molecule has 0 fully saturated rings. The number of pyridine rings is 1. The second-order valence-electron chi connectivity index (χ2n) is 4.41. The lowest BCUT2D eigenvalue weighted by Gasteiger charge is -2.17. The molecule has 0 spiro atoms. The summed E-state index contributed by atoms with van der Waals surface area (Å²) in [6, 6.07) is 0.872. The van der Waals surface area contributed by atoms with Gasteiger partial charge in [0.2, 0.25) is 0 Å². The molecule has 0 radical (unpaired) electrons. The number of hydrogen-bond acceptors (Lipinski definition) is 3. The lowest BCUT2D eigenvalue weighted by atomic mass is 10.0. The van der Waals surface area contributed by atoms with Gasteiger partial charge in [-0.1, -0.05) is 6.92 Å². The standard InChI is InChI=1S/C14H14F3N3O/c1-3-12-9(11-8-18-5-6-19-11)7-10(14(15,16)17)13(21)20(12)4-2/h5-8H,3-4H2,1-2H3. The highest BCUT2D eigenvalue weighted by Crippen LogP contribution is 2.31. The molecule has 4 nitrogen and oxygen atoms in total. The first kappa shape index (κ1) is 15.2. The molecule has 0 bridgehead atoms. The fourth-order valence-corrected chi connectivity index (χ4v) is 2.28. The quantitative estimate of drug-likeness (QED) is 0.875. The van der Waals surface area contributed by atoms with E-state index >= 15 is 0 Å². The Morgan fingerprint density at radius 2 is 1.95 bits per heavy atom. The van der Waals surface area contributed by atoms with Crippen LogP contribution in [0.25, 0.3) is 11.3 Å². The molecule has 7 heteroatoms. The summed E-state index contributed by atoms with van der Waals surface area (Å²) in [5.41, 5.74) is -1.06. The molecule has 2 heterocycles. The summed E-state index contributed by atoms with van der Waals surface area (Å²) in [5.74, 6) is 0. The van der Waals surface area contributed by atoms with Crippen LogP contribution in [-0.4, -0.2) is 14.5 Å². The van der Waals surface area contributed by atoms with Crippen molar-refractivity contribution >= 4 is 0 Å². The van der Waals surface area contributed by atoms with Crippen molar-refractivity contribution < 1.29 is 13.2 Å². The summed E-state index contributed by atoms with van der Waals surface area (Å²) in [4.78, 5) is 19.9. The van der Waals surface area contributed by atoms with Crippen LogP contribution in [0.4, 0.5) is 13.2 Å². The van der Waals surface area contributed by atoms with Crippen molar-refractivity contribution in [2.24, 2.45) is 0 Å². The van der Waals surface area contributed by atoms with Crippen molar-refractivity contribution in [2.45, 2.75) is 33.0 Å². The van der Waals surface area contributed by atoms with Crippen molar-refractivity contribution in [1.82, 2.24) is 14.5 Å². The Hall–Kier alpha value is -2.18. The first-order chi connectivity index (χ1) is 9.90. The van der Waals surface area contributed by atoms with Crippen LogP contribution in [0.2, 0.25) is 0 Å². The Balaban J connectivity index is 2.84. The van der Waals surface area contributed by atoms with Crippen molar-refractivity contribution in [2.75, 3.05) is 0 Å². The second-order valence-corrected chi connectivity index (χ2v) is 4.41. The maximum absolute atomic E-state index is 13.0. The van der Waals surface area contributed by atoms with E-state index in [-0.39, 0.29) is 6.54 Å². The van der Waals surface area contributed by atoms with Crippen molar-refractivity contribution in [3.63, 3.8) is 0 Å². The minimum atomic E-state index is -4.70. The maximum atomic E-state index is 13.0. The third kappa shape index (κ3) is 2.81. The van der Waals surface area contributed by atoms with Gasteiger partial charge in [-0.3, -0.25) is 14.8 Å². The Morgan fingerprint density at radius 1 is 1.24 bits per heavy atom. The molecular formula is C14H14F3N3O. The first-order valence-electron chi connectivity index (χ1n) is 6.50. The summed E-state index contributed by atoms with van der Waals surface area (Å²) >= 11 is 0. The minimum Gasteiger partial charge on any atom is -0.312 e. The summed E-state index contributed by atoms with van der Waals surface area (Å²) < 4.78 is 40.3. The van der Waals surface area contributed by atoms with E-state index < -0.39 is 17.3 Å². The molecule has 0 aliphatic heterocycles. The zero-order valence-electron chi connectivity index (χ0n) is 11.6. The number of hydrogen-bond donors (Lipinski definition) is 0. The average Bonchev–Trinajstić information content (AvgIpc) is 2.46. The van der Waals surface area contributed by atoms with Gasteiger partial charge in [0, 0.05) is 30.2 Å². The van der Waals surface area contributed by atoms with Gasteiger partial charge in [0.25, 0.3) is 5.56 Å². The number of alkyl halides is 3. The Labute approximate surface area is 119 Å². The van der Waals surface area contributed by atoms with Crippen LogP contribution in [0.5, 0.6) is 0 Å². The van der Waals surface area contributed by atoms with Crippen molar-refractivity contribution in [3.8, 4) is 11.3 Å². The highest BCUT2D eigenvalue weighted by molar-refractivity contribution is 5.62. The molecule has 0 saturated carbocycles. The summed E-state index contributed by atoms with van der Waals surface area (Å²) in [6.45, 7) is 3.59. The first-order valence-corrected chi connectivity index (χ1v) is 6.50.